The molecular weight excluding hydrogens is 216 g/mol. The number of hydrogen-bond acceptors (Lipinski definition) is 4. The van der Waals surface area contributed by atoms with Gasteiger partial charge in [-0.05, 0) is 39.3 Å². The van der Waals surface area contributed by atoms with Crippen molar-refractivity contribution < 1.29 is 0 Å². The van der Waals surface area contributed by atoms with E-state index >= 15 is 0 Å². The molecule has 1 heterocycles. The average molecular weight is 238 g/mol. The van der Waals surface area contributed by atoms with Crippen molar-refractivity contribution in [3.63, 3.8) is 0 Å². The zero-order chi connectivity index (χ0) is 12.7. The molecule has 1 aromatic heterocycles. The van der Waals surface area contributed by atoms with Crippen LogP contribution in [0.5, 0.6) is 0 Å². The van der Waals surface area contributed by atoms with Crippen LogP contribution in [0.3, 0.4) is 0 Å². The van der Waals surface area contributed by atoms with Crippen LogP contribution in [0, 0.1) is 6.92 Å². The summed E-state index contributed by atoms with van der Waals surface area (Å²) in [6.45, 7) is 5.98. The summed E-state index contributed by atoms with van der Waals surface area (Å²) < 4.78 is 0. The largest absolute Gasteiger partial charge is 0.369 e. The Hall–Kier alpha value is -1.36. The number of anilines is 1. The minimum atomic E-state index is -0.108. The molecule has 0 atom stereocenters. The molecule has 1 aromatic rings. The van der Waals surface area contributed by atoms with E-state index in [2.05, 4.69) is 22.2 Å². The van der Waals surface area contributed by atoms with Gasteiger partial charge in [0.1, 0.15) is 0 Å². The molecule has 0 aliphatic rings. The molecule has 0 aliphatic carbocycles. The zero-order valence-electron chi connectivity index (χ0n) is 10.7. The lowest BCUT2D eigenvalue weighted by molar-refractivity contribution is 0.614. The van der Waals surface area contributed by atoms with Gasteiger partial charge in [0, 0.05) is 11.3 Å². The van der Waals surface area contributed by atoms with Crippen molar-refractivity contribution in [2.75, 3.05) is 18.8 Å². The van der Waals surface area contributed by atoms with Gasteiger partial charge in [-0.2, -0.15) is 0 Å². The highest BCUT2D eigenvalue weighted by molar-refractivity contribution is 5.24. The van der Waals surface area contributed by atoms with Crippen LogP contribution in [-0.4, -0.2) is 23.1 Å². The molecule has 0 aromatic carbocycles. The molecule has 0 spiro atoms. The molecule has 0 unspecified atom stereocenters. The van der Waals surface area contributed by atoms with E-state index in [4.69, 9.17) is 5.73 Å². The highest BCUT2D eigenvalue weighted by atomic mass is 16.1. The maximum absolute atomic E-state index is 11.6. The molecule has 0 fully saturated rings. The van der Waals surface area contributed by atoms with Crippen LogP contribution in [0.1, 0.15) is 37.4 Å². The van der Waals surface area contributed by atoms with Crippen molar-refractivity contribution in [3.05, 3.63) is 21.6 Å². The first-order valence-corrected chi connectivity index (χ1v) is 6.21. The monoisotopic (exact) mass is 238 g/mol. The highest BCUT2D eigenvalue weighted by Gasteiger charge is 2.05. The first kappa shape index (κ1) is 13.7. The van der Waals surface area contributed by atoms with Gasteiger partial charge < -0.3 is 11.1 Å². The topological polar surface area (TPSA) is 83.8 Å². The molecule has 17 heavy (non-hydrogen) atoms. The zero-order valence-corrected chi connectivity index (χ0v) is 10.7. The summed E-state index contributed by atoms with van der Waals surface area (Å²) >= 11 is 0. The van der Waals surface area contributed by atoms with E-state index in [1.54, 1.807) is 0 Å². The van der Waals surface area contributed by atoms with Crippen LogP contribution in [0.25, 0.3) is 0 Å². The summed E-state index contributed by atoms with van der Waals surface area (Å²) in [6, 6.07) is 0. The molecule has 5 heteroatoms. The number of aromatic nitrogens is 2. The molecule has 4 N–H and O–H groups in total. The van der Waals surface area contributed by atoms with Crippen molar-refractivity contribution in [1.29, 1.82) is 0 Å². The number of unbranched alkanes of at least 4 members (excludes halogenated alkanes) is 1. The molecule has 0 saturated carbocycles. The Morgan fingerprint density at radius 2 is 2.06 bits per heavy atom. The predicted octanol–water partition coefficient (Wildman–Crippen LogP) is 0.983. The number of H-pyrrole nitrogens is 1. The number of aryl methyl sites for hydroxylation is 1. The summed E-state index contributed by atoms with van der Waals surface area (Å²) in [5.41, 5.74) is 6.83. The van der Waals surface area contributed by atoms with Gasteiger partial charge >= 0.3 is 0 Å². The van der Waals surface area contributed by atoms with Crippen molar-refractivity contribution in [1.82, 2.24) is 15.3 Å². The lowest BCUT2D eigenvalue weighted by Gasteiger charge is -2.06. The van der Waals surface area contributed by atoms with Crippen LogP contribution in [-0.2, 0) is 6.42 Å². The second-order valence-electron chi connectivity index (χ2n) is 4.22. The number of aromatic amines is 1. The third-order valence-corrected chi connectivity index (χ3v) is 2.73. The van der Waals surface area contributed by atoms with Crippen LogP contribution in [0.4, 0.5) is 5.95 Å². The Labute approximate surface area is 102 Å². The summed E-state index contributed by atoms with van der Waals surface area (Å²) in [5, 5.41) is 3.35. The maximum Gasteiger partial charge on any atom is 0.255 e. The van der Waals surface area contributed by atoms with Gasteiger partial charge in [0.15, 0.2) is 0 Å². The Balaban J connectivity index is 2.39. The smallest absolute Gasteiger partial charge is 0.255 e. The van der Waals surface area contributed by atoms with E-state index in [-0.39, 0.29) is 11.5 Å². The quantitative estimate of drug-likeness (QED) is 0.618. The van der Waals surface area contributed by atoms with Crippen molar-refractivity contribution in [2.45, 2.75) is 39.5 Å². The number of nitrogen functional groups attached to an aromatic ring is 1. The van der Waals surface area contributed by atoms with Gasteiger partial charge in [-0.15, -0.1) is 0 Å². The summed E-state index contributed by atoms with van der Waals surface area (Å²) in [4.78, 5) is 18.2. The average Bonchev–Trinajstić information content (AvgIpc) is 2.26. The molecule has 0 bridgehead atoms. The van der Waals surface area contributed by atoms with E-state index in [1.165, 1.54) is 12.8 Å². The fourth-order valence-electron chi connectivity index (χ4n) is 1.74. The number of nitrogens with zero attached hydrogens (tertiary/aromatic N) is 1. The maximum atomic E-state index is 11.6. The van der Waals surface area contributed by atoms with E-state index in [1.807, 2.05) is 6.92 Å². The number of hydrogen-bond donors (Lipinski definition) is 3. The minimum Gasteiger partial charge on any atom is -0.369 e. The van der Waals surface area contributed by atoms with Crippen molar-refractivity contribution in [2.24, 2.45) is 0 Å². The molecular formula is C12H22N4O. The van der Waals surface area contributed by atoms with E-state index in [0.717, 1.165) is 37.2 Å². The van der Waals surface area contributed by atoms with Gasteiger partial charge in [-0.3, -0.25) is 9.78 Å². The Kier molecular flexibility index (Phi) is 5.69. The van der Waals surface area contributed by atoms with Crippen LogP contribution >= 0.6 is 0 Å². The Bertz CT molecular complexity index is 400. The van der Waals surface area contributed by atoms with E-state index in [9.17, 15) is 4.79 Å². The molecule has 96 valence electrons. The first-order valence-electron chi connectivity index (χ1n) is 6.21. The third kappa shape index (κ3) is 4.56. The van der Waals surface area contributed by atoms with Crippen LogP contribution in [0.2, 0.25) is 0 Å². The Morgan fingerprint density at radius 1 is 1.35 bits per heavy atom. The molecule has 5 nitrogen and oxygen atoms in total. The molecule has 0 amide bonds. The second kappa shape index (κ2) is 7.06. The van der Waals surface area contributed by atoms with E-state index in [0.29, 0.717) is 0 Å². The fraction of sp³-hybridized carbons (Fsp3) is 0.667. The summed E-state index contributed by atoms with van der Waals surface area (Å²) in [6.07, 6.45) is 4.09. The first-order chi connectivity index (χ1) is 8.15. The third-order valence-electron chi connectivity index (χ3n) is 2.73. The molecule has 0 radical (unpaired) electrons. The fourth-order valence-corrected chi connectivity index (χ4v) is 1.74. The van der Waals surface area contributed by atoms with Crippen molar-refractivity contribution in [3.8, 4) is 0 Å². The SMILES string of the molecule is CCCCNCCCc1c(C)nc(N)[nH]c1=O. The number of nitrogens with two attached hydrogens (primary N) is 1. The molecule has 0 saturated heterocycles. The van der Waals surface area contributed by atoms with Gasteiger partial charge in [-0.1, -0.05) is 13.3 Å². The molecule has 1 rings (SSSR count). The highest BCUT2D eigenvalue weighted by Crippen LogP contribution is 2.02. The Morgan fingerprint density at radius 3 is 2.71 bits per heavy atom. The summed E-state index contributed by atoms with van der Waals surface area (Å²) in [5.74, 6) is 0.192. The standard InChI is InChI=1S/C12H22N4O/c1-3-4-7-14-8-5-6-10-9(2)15-12(13)16-11(10)17/h14H,3-8H2,1-2H3,(H3,13,15,16,17). The molecule has 0 aliphatic heterocycles. The number of nitrogens with one attached hydrogen (secondary N) is 2. The second-order valence-corrected chi connectivity index (χ2v) is 4.22. The minimum absolute atomic E-state index is 0.108. The van der Waals surface area contributed by atoms with Gasteiger partial charge in [0.05, 0.1) is 0 Å². The van der Waals surface area contributed by atoms with Gasteiger partial charge in [0.25, 0.3) is 5.56 Å². The van der Waals surface area contributed by atoms with Crippen LogP contribution in [0.15, 0.2) is 4.79 Å². The van der Waals surface area contributed by atoms with Gasteiger partial charge in [0.2, 0.25) is 5.95 Å². The van der Waals surface area contributed by atoms with Crippen LogP contribution < -0.4 is 16.6 Å². The summed E-state index contributed by atoms with van der Waals surface area (Å²) in [7, 11) is 0. The van der Waals surface area contributed by atoms with Gasteiger partial charge in [-0.25, -0.2) is 4.98 Å². The lowest BCUT2D eigenvalue weighted by atomic mass is 10.1. The van der Waals surface area contributed by atoms with E-state index < -0.39 is 0 Å². The normalized spacial score (nSPS) is 10.7. The lowest BCUT2D eigenvalue weighted by Crippen LogP contribution is -2.21. The predicted molar refractivity (Wildman–Crippen MR) is 70.1 cm³/mol. The number of rotatable bonds is 7. The van der Waals surface area contributed by atoms with Crippen molar-refractivity contribution >= 4 is 5.95 Å².